The molecule has 2 aromatic carbocycles. The quantitative estimate of drug-likeness (QED) is 0.853. The minimum atomic E-state index is -3.63. The highest BCUT2D eigenvalue weighted by atomic mass is 35.5. The van der Waals surface area contributed by atoms with Crippen LogP contribution in [0, 0.1) is 11.8 Å². The maximum Gasteiger partial charge on any atom is 0.261 e. The molecule has 0 aliphatic carbocycles. The fourth-order valence-corrected chi connectivity index (χ4v) is 2.79. The van der Waals surface area contributed by atoms with Crippen molar-refractivity contribution in [2.45, 2.75) is 4.90 Å². The Labute approximate surface area is 129 Å². The zero-order valence-corrected chi connectivity index (χ0v) is 12.6. The normalized spacial score (nSPS) is 10.6. The third-order valence-electron chi connectivity index (χ3n) is 2.60. The number of nitrogens with two attached hydrogens (primary N) is 1. The first kappa shape index (κ1) is 15.4. The molecule has 0 fully saturated rings. The lowest BCUT2D eigenvalue weighted by molar-refractivity contribution is 0.601. The van der Waals surface area contributed by atoms with Crippen LogP contribution in [0.1, 0.15) is 5.56 Å². The lowest BCUT2D eigenvalue weighted by Gasteiger charge is -2.08. The molecule has 2 aromatic rings. The van der Waals surface area contributed by atoms with Crippen LogP contribution in [0.15, 0.2) is 53.4 Å². The summed E-state index contributed by atoms with van der Waals surface area (Å²) >= 11 is 5.76. The van der Waals surface area contributed by atoms with Gasteiger partial charge in [-0.2, -0.15) is 0 Å². The van der Waals surface area contributed by atoms with Crippen molar-refractivity contribution in [2.24, 2.45) is 5.73 Å². The predicted molar refractivity (Wildman–Crippen MR) is 84.6 cm³/mol. The van der Waals surface area contributed by atoms with Crippen molar-refractivity contribution in [1.82, 2.24) is 0 Å². The molecule has 0 aromatic heterocycles. The Balaban J connectivity index is 2.21. The van der Waals surface area contributed by atoms with Gasteiger partial charge in [-0.15, -0.1) is 0 Å². The van der Waals surface area contributed by atoms with Crippen LogP contribution in [0.4, 0.5) is 5.69 Å². The number of rotatable bonds is 3. The maximum atomic E-state index is 12.2. The fourth-order valence-electron chi connectivity index (χ4n) is 1.60. The van der Waals surface area contributed by atoms with Crippen LogP contribution in [-0.2, 0) is 10.0 Å². The molecular formula is C15H13ClN2O2S. The Hall–Kier alpha value is -2.00. The van der Waals surface area contributed by atoms with Gasteiger partial charge >= 0.3 is 0 Å². The minimum absolute atomic E-state index is 0.163. The van der Waals surface area contributed by atoms with Crippen LogP contribution in [0.25, 0.3) is 0 Å². The van der Waals surface area contributed by atoms with Gasteiger partial charge in [-0.3, -0.25) is 4.72 Å². The second kappa shape index (κ2) is 6.64. The summed E-state index contributed by atoms with van der Waals surface area (Å²) in [6.45, 7) is 0.262. The van der Waals surface area contributed by atoms with Crippen molar-refractivity contribution in [3.8, 4) is 11.8 Å². The van der Waals surface area contributed by atoms with Gasteiger partial charge in [-0.25, -0.2) is 8.42 Å². The van der Waals surface area contributed by atoms with E-state index in [-0.39, 0.29) is 11.4 Å². The first-order valence-corrected chi connectivity index (χ1v) is 7.95. The van der Waals surface area contributed by atoms with E-state index in [0.29, 0.717) is 16.3 Å². The summed E-state index contributed by atoms with van der Waals surface area (Å²) in [5.41, 5.74) is 6.45. The SMILES string of the molecule is NCC#Cc1ccc(S(=O)(=O)Nc2ccc(Cl)cc2)cc1. The number of hydrogen-bond donors (Lipinski definition) is 2. The molecule has 0 amide bonds. The van der Waals surface area contributed by atoms with E-state index in [4.69, 9.17) is 17.3 Å². The molecule has 6 heteroatoms. The van der Waals surface area contributed by atoms with Gasteiger partial charge in [0.15, 0.2) is 0 Å². The maximum absolute atomic E-state index is 12.2. The van der Waals surface area contributed by atoms with Crippen molar-refractivity contribution in [1.29, 1.82) is 0 Å². The number of hydrogen-bond acceptors (Lipinski definition) is 3. The number of sulfonamides is 1. The minimum Gasteiger partial charge on any atom is -0.320 e. The monoisotopic (exact) mass is 320 g/mol. The van der Waals surface area contributed by atoms with Gasteiger partial charge in [0.2, 0.25) is 0 Å². The summed E-state index contributed by atoms with van der Waals surface area (Å²) in [7, 11) is -3.63. The summed E-state index contributed by atoms with van der Waals surface area (Å²) < 4.78 is 26.9. The Bertz CT molecular complexity index is 773. The van der Waals surface area contributed by atoms with E-state index in [1.807, 2.05) is 0 Å². The van der Waals surface area contributed by atoms with E-state index in [9.17, 15) is 8.42 Å². The van der Waals surface area contributed by atoms with Gasteiger partial charge < -0.3 is 5.73 Å². The zero-order chi connectivity index (χ0) is 15.3. The largest absolute Gasteiger partial charge is 0.320 e. The Morgan fingerprint density at radius 2 is 1.67 bits per heavy atom. The Morgan fingerprint density at radius 1 is 1.05 bits per heavy atom. The van der Waals surface area contributed by atoms with Gasteiger partial charge in [-0.1, -0.05) is 23.4 Å². The standard InChI is InChI=1S/C15H13ClN2O2S/c16-13-5-7-14(8-6-13)18-21(19,20)15-9-3-12(4-10-15)2-1-11-17/h3-10,18H,11,17H2. The van der Waals surface area contributed by atoms with Crippen LogP contribution in [0.2, 0.25) is 5.02 Å². The molecule has 0 unspecified atom stereocenters. The Kier molecular flexibility index (Phi) is 4.86. The zero-order valence-electron chi connectivity index (χ0n) is 11.0. The summed E-state index contributed by atoms with van der Waals surface area (Å²) in [5, 5.41) is 0.542. The van der Waals surface area contributed by atoms with Crippen molar-refractivity contribution in [3.05, 3.63) is 59.1 Å². The average molecular weight is 321 g/mol. The molecule has 0 radical (unpaired) electrons. The highest BCUT2D eigenvalue weighted by Crippen LogP contribution is 2.18. The van der Waals surface area contributed by atoms with Crippen molar-refractivity contribution < 1.29 is 8.42 Å². The van der Waals surface area contributed by atoms with E-state index in [2.05, 4.69) is 16.6 Å². The molecule has 108 valence electrons. The highest BCUT2D eigenvalue weighted by molar-refractivity contribution is 7.92. The van der Waals surface area contributed by atoms with Crippen LogP contribution in [0.5, 0.6) is 0 Å². The van der Waals surface area contributed by atoms with Gasteiger partial charge in [0.05, 0.1) is 11.4 Å². The van der Waals surface area contributed by atoms with E-state index < -0.39 is 10.0 Å². The van der Waals surface area contributed by atoms with Crippen LogP contribution in [-0.4, -0.2) is 15.0 Å². The molecule has 0 heterocycles. The first-order valence-electron chi connectivity index (χ1n) is 6.09. The molecule has 0 atom stereocenters. The molecule has 0 bridgehead atoms. The number of anilines is 1. The topological polar surface area (TPSA) is 72.2 Å². The molecular weight excluding hydrogens is 308 g/mol. The first-order chi connectivity index (χ1) is 10.0. The molecule has 0 aliphatic heterocycles. The third-order valence-corrected chi connectivity index (χ3v) is 4.25. The Morgan fingerprint density at radius 3 is 2.24 bits per heavy atom. The van der Waals surface area contributed by atoms with E-state index in [1.165, 1.54) is 12.1 Å². The lowest BCUT2D eigenvalue weighted by atomic mass is 10.2. The second-order valence-electron chi connectivity index (χ2n) is 4.14. The highest BCUT2D eigenvalue weighted by Gasteiger charge is 2.13. The smallest absolute Gasteiger partial charge is 0.261 e. The van der Waals surface area contributed by atoms with Crippen LogP contribution in [0.3, 0.4) is 0 Å². The molecule has 0 aliphatic rings. The summed E-state index contributed by atoms with van der Waals surface area (Å²) in [6, 6.07) is 12.7. The van der Waals surface area contributed by atoms with Crippen molar-refractivity contribution in [3.63, 3.8) is 0 Å². The molecule has 0 saturated heterocycles. The van der Waals surface area contributed by atoms with Gasteiger partial charge in [0.1, 0.15) is 0 Å². The number of halogens is 1. The summed E-state index contributed by atoms with van der Waals surface area (Å²) in [5.74, 6) is 5.54. The van der Waals surface area contributed by atoms with Gasteiger partial charge in [-0.05, 0) is 48.5 Å². The second-order valence-corrected chi connectivity index (χ2v) is 6.26. The molecule has 2 rings (SSSR count). The van der Waals surface area contributed by atoms with Gasteiger partial charge in [0, 0.05) is 16.3 Å². The average Bonchev–Trinajstić information content (AvgIpc) is 2.48. The lowest BCUT2D eigenvalue weighted by Crippen LogP contribution is -2.12. The summed E-state index contributed by atoms with van der Waals surface area (Å²) in [6.07, 6.45) is 0. The van der Waals surface area contributed by atoms with E-state index >= 15 is 0 Å². The molecule has 21 heavy (non-hydrogen) atoms. The van der Waals surface area contributed by atoms with E-state index in [1.54, 1.807) is 36.4 Å². The number of nitrogens with one attached hydrogen (secondary N) is 1. The fraction of sp³-hybridized carbons (Fsp3) is 0.0667. The van der Waals surface area contributed by atoms with Gasteiger partial charge in [0.25, 0.3) is 10.0 Å². The molecule has 0 saturated carbocycles. The summed E-state index contributed by atoms with van der Waals surface area (Å²) in [4.78, 5) is 0.163. The van der Waals surface area contributed by atoms with E-state index in [0.717, 1.165) is 0 Å². The van der Waals surface area contributed by atoms with Crippen molar-refractivity contribution >= 4 is 27.3 Å². The third kappa shape index (κ3) is 4.23. The molecule has 4 nitrogen and oxygen atoms in total. The predicted octanol–water partition coefficient (Wildman–Crippen LogP) is 2.45. The molecule has 0 spiro atoms. The number of benzene rings is 2. The molecule has 3 N–H and O–H groups in total. The van der Waals surface area contributed by atoms with Crippen LogP contribution < -0.4 is 10.5 Å². The van der Waals surface area contributed by atoms with Crippen molar-refractivity contribution in [2.75, 3.05) is 11.3 Å². The van der Waals surface area contributed by atoms with Crippen LogP contribution >= 0.6 is 11.6 Å².